The molecule has 3 rings (SSSR count). The summed E-state index contributed by atoms with van der Waals surface area (Å²) in [5.41, 5.74) is 0.733. The van der Waals surface area contributed by atoms with Crippen molar-refractivity contribution < 1.29 is 9.53 Å². The highest BCUT2D eigenvalue weighted by molar-refractivity contribution is 7.16. The highest BCUT2D eigenvalue weighted by atomic mass is 32.1. The van der Waals surface area contributed by atoms with Crippen molar-refractivity contribution in [1.29, 1.82) is 0 Å². The molecule has 0 bridgehead atoms. The van der Waals surface area contributed by atoms with Crippen LogP contribution in [-0.4, -0.2) is 37.1 Å². The number of ether oxygens (including phenoxy) is 1. The second kappa shape index (κ2) is 4.38. The number of carbonyl (C=O) groups excluding carboxylic acids is 1. The van der Waals surface area contributed by atoms with Crippen LogP contribution in [-0.2, 0) is 11.2 Å². The van der Waals surface area contributed by atoms with Crippen LogP contribution in [0.5, 0.6) is 0 Å². The summed E-state index contributed by atoms with van der Waals surface area (Å²) >= 11 is 1.69. The number of nitrogens with zero attached hydrogens (tertiary/aromatic N) is 2. The van der Waals surface area contributed by atoms with Crippen molar-refractivity contribution in [3.05, 3.63) is 10.6 Å². The van der Waals surface area contributed by atoms with Gasteiger partial charge in [0.15, 0.2) is 10.9 Å². The molecule has 0 saturated carbocycles. The van der Waals surface area contributed by atoms with Crippen LogP contribution in [0.15, 0.2) is 0 Å². The summed E-state index contributed by atoms with van der Waals surface area (Å²) in [6, 6.07) is 0. The minimum Gasteiger partial charge on any atom is -0.380 e. The zero-order valence-corrected chi connectivity index (χ0v) is 10.8. The van der Waals surface area contributed by atoms with Gasteiger partial charge in [-0.3, -0.25) is 4.79 Å². The van der Waals surface area contributed by atoms with Crippen molar-refractivity contribution in [2.24, 2.45) is 0 Å². The number of methoxy groups -OCH3 is 1. The molecule has 92 valence electrons. The zero-order valence-electron chi connectivity index (χ0n) is 9.94. The molecule has 1 aliphatic carbocycles. The van der Waals surface area contributed by atoms with Crippen LogP contribution in [0.3, 0.4) is 0 Å². The predicted octanol–water partition coefficient (Wildman–Crippen LogP) is 1.89. The van der Waals surface area contributed by atoms with Crippen LogP contribution >= 0.6 is 11.3 Å². The van der Waals surface area contributed by atoms with Gasteiger partial charge < -0.3 is 9.64 Å². The fourth-order valence-corrected chi connectivity index (χ4v) is 3.64. The van der Waals surface area contributed by atoms with Crippen LogP contribution in [0.1, 0.15) is 34.6 Å². The van der Waals surface area contributed by atoms with E-state index in [4.69, 9.17) is 4.74 Å². The van der Waals surface area contributed by atoms with E-state index in [1.165, 1.54) is 4.88 Å². The van der Waals surface area contributed by atoms with Crippen molar-refractivity contribution in [2.75, 3.05) is 25.1 Å². The number of hydrogen-bond acceptors (Lipinski definition) is 5. The molecule has 0 amide bonds. The summed E-state index contributed by atoms with van der Waals surface area (Å²) in [6.45, 7) is 1.89. The number of ketones is 1. The summed E-state index contributed by atoms with van der Waals surface area (Å²) in [7, 11) is 1.75. The highest BCUT2D eigenvalue weighted by Gasteiger charge is 2.28. The zero-order chi connectivity index (χ0) is 11.8. The van der Waals surface area contributed by atoms with Crippen LogP contribution < -0.4 is 4.90 Å². The van der Waals surface area contributed by atoms with Crippen molar-refractivity contribution in [3.63, 3.8) is 0 Å². The van der Waals surface area contributed by atoms with Gasteiger partial charge in [0.05, 0.1) is 6.10 Å². The third-order valence-electron chi connectivity index (χ3n) is 3.51. The van der Waals surface area contributed by atoms with E-state index in [0.717, 1.165) is 43.2 Å². The van der Waals surface area contributed by atoms with E-state index in [9.17, 15) is 4.79 Å². The molecule has 1 saturated heterocycles. The summed E-state index contributed by atoms with van der Waals surface area (Å²) in [5, 5.41) is 1.00. The van der Waals surface area contributed by atoms with E-state index in [0.29, 0.717) is 12.5 Å². The van der Waals surface area contributed by atoms with Gasteiger partial charge in [0, 0.05) is 31.5 Å². The quantitative estimate of drug-likeness (QED) is 0.806. The molecular weight excluding hydrogens is 236 g/mol. The lowest BCUT2D eigenvalue weighted by Crippen LogP contribution is -2.22. The Labute approximate surface area is 105 Å². The molecule has 1 aromatic heterocycles. The van der Waals surface area contributed by atoms with Crippen LogP contribution in [0.4, 0.5) is 5.13 Å². The minimum absolute atomic E-state index is 0.219. The Morgan fingerprint density at radius 1 is 1.47 bits per heavy atom. The van der Waals surface area contributed by atoms with Crippen molar-refractivity contribution >= 4 is 22.3 Å². The second-order valence-corrected chi connectivity index (χ2v) is 5.70. The number of anilines is 1. The van der Waals surface area contributed by atoms with Crippen molar-refractivity contribution in [3.8, 4) is 0 Å². The fourth-order valence-electron chi connectivity index (χ4n) is 2.48. The molecule has 2 aliphatic rings. The van der Waals surface area contributed by atoms with Gasteiger partial charge in [-0.25, -0.2) is 4.98 Å². The van der Waals surface area contributed by atoms with Gasteiger partial charge in [-0.05, 0) is 19.3 Å². The van der Waals surface area contributed by atoms with Crippen LogP contribution in [0.2, 0.25) is 0 Å². The monoisotopic (exact) mass is 252 g/mol. The lowest BCUT2D eigenvalue weighted by atomic mass is 10.0. The number of aryl methyl sites for hydroxylation is 1. The maximum Gasteiger partial charge on any atom is 0.186 e. The first-order chi connectivity index (χ1) is 8.28. The summed E-state index contributed by atoms with van der Waals surface area (Å²) in [5.74, 6) is 0.219. The van der Waals surface area contributed by atoms with Gasteiger partial charge in [0.1, 0.15) is 5.69 Å². The third-order valence-corrected chi connectivity index (χ3v) is 4.68. The number of Topliss-reactive ketones (excluding diaryl/α,β-unsaturated/α-hetero) is 1. The van der Waals surface area contributed by atoms with Crippen molar-refractivity contribution in [1.82, 2.24) is 4.98 Å². The van der Waals surface area contributed by atoms with Crippen LogP contribution in [0, 0.1) is 0 Å². The molecule has 1 unspecified atom stereocenters. The maximum absolute atomic E-state index is 11.7. The lowest BCUT2D eigenvalue weighted by molar-refractivity contribution is 0.0968. The molecule has 1 fully saturated rings. The number of fused-ring (bicyclic) bond motifs is 1. The Morgan fingerprint density at radius 2 is 2.35 bits per heavy atom. The van der Waals surface area contributed by atoms with E-state index in [2.05, 4.69) is 9.88 Å². The predicted molar refractivity (Wildman–Crippen MR) is 67.0 cm³/mol. The van der Waals surface area contributed by atoms with E-state index >= 15 is 0 Å². The second-order valence-electron chi connectivity index (χ2n) is 4.64. The Balaban J connectivity index is 1.83. The fraction of sp³-hybridized carbons (Fsp3) is 0.667. The Bertz CT molecular complexity index is 444. The molecule has 0 N–H and O–H groups in total. The first-order valence-corrected chi connectivity index (χ1v) is 6.90. The van der Waals surface area contributed by atoms with Gasteiger partial charge >= 0.3 is 0 Å². The highest BCUT2D eigenvalue weighted by Crippen LogP contribution is 2.33. The molecular formula is C12H16N2O2S. The molecule has 0 radical (unpaired) electrons. The number of rotatable bonds is 2. The number of aromatic nitrogens is 1. The van der Waals surface area contributed by atoms with Gasteiger partial charge in [0.25, 0.3) is 0 Å². The molecule has 2 heterocycles. The Hall–Kier alpha value is -0.940. The SMILES string of the molecule is COC1CCN(c2nc3c(s2)CCCC3=O)C1. The molecule has 5 heteroatoms. The average molecular weight is 252 g/mol. The molecule has 0 spiro atoms. The molecule has 1 atom stereocenters. The minimum atomic E-state index is 0.219. The van der Waals surface area contributed by atoms with Crippen LogP contribution in [0.25, 0.3) is 0 Å². The first kappa shape index (κ1) is 11.2. The van der Waals surface area contributed by atoms with Gasteiger partial charge in [-0.2, -0.15) is 0 Å². The molecule has 0 aromatic carbocycles. The molecule has 1 aromatic rings. The average Bonchev–Trinajstić information content (AvgIpc) is 2.95. The number of carbonyl (C=O) groups is 1. The lowest BCUT2D eigenvalue weighted by Gasteiger charge is -2.13. The van der Waals surface area contributed by atoms with Gasteiger partial charge in [0.2, 0.25) is 0 Å². The number of hydrogen-bond donors (Lipinski definition) is 0. The van der Waals surface area contributed by atoms with E-state index < -0.39 is 0 Å². The first-order valence-electron chi connectivity index (χ1n) is 6.08. The van der Waals surface area contributed by atoms with Gasteiger partial charge in [-0.15, -0.1) is 11.3 Å². The van der Waals surface area contributed by atoms with Crippen molar-refractivity contribution in [2.45, 2.75) is 31.8 Å². The normalized spacial score (nSPS) is 24.2. The summed E-state index contributed by atoms with van der Waals surface area (Å²) < 4.78 is 5.35. The van der Waals surface area contributed by atoms with E-state index in [1.807, 2.05) is 0 Å². The Morgan fingerprint density at radius 3 is 3.06 bits per heavy atom. The smallest absolute Gasteiger partial charge is 0.186 e. The Kier molecular flexibility index (Phi) is 2.88. The molecule has 1 aliphatic heterocycles. The van der Waals surface area contributed by atoms with E-state index in [-0.39, 0.29) is 5.78 Å². The standard InChI is InChI=1S/C12H16N2O2S/c1-16-8-5-6-14(7-8)12-13-11-9(15)3-2-4-10(11)17-12/h8H,2-7H2,1H3. The molecule has 4 nitrogen and oxygen atoms in total. The van der Waals surface area contributed by atoms with Gasteiger partial charge in [-0.1, -0.05) is 0 Å². The third kappa shape index (κ3) is 1.98. The largest absolute Gasteiger partial charge is 0.380 e. The summed E-state index contributed by atoms with van der Waals surface area (Å²) in [6.07, 6.45) is 4.02. The summed E-state index contributed by atoms with van der Waals surface area (Å²) in [4.78, 5) is 19.7. The molecule has 17 heavy (non-hydrogen) atoms. The topological polar surface area (TPSA) is 42.4 Å². The number of thiazole rings is 1. The van der Waals surface area contributed by atoms with E-state index in [1.54, 1.807) is 18.4 Å². The maximum atomic E-state index is 11.7.